The smallest absolute Gasteiger partial charge is 0.350 e. The predicted molar refractivity (Wildman–Crippen MR) is 89.7 cm³/mol. The van der Waals surface area contributed by atoms with Crippen LogP contribution in [-0.2, 0) is 6.18 Å². The van der Waals surface area contributed by atoms with Crippen molar-refractivity contribution < 1.29 is 22.5 Å². The first kappa shape index (κ1) is 18.6. The number of nitrogens with zero attached hydrogens (tertiary/aromatic N) is 3. The summed E-state index contributed by atoms with van der Waals surface area (Å²) in [4.78, 5) is 20.0. The summed E-state index contributed by atoms with van der Waals surface area (Å²) in [5, 5.41) is 6.42. The van der Waals surface area contributed by atoms with Gasteiger partial charge in [-0.25, -0.2) is 0 Å². The number of pyridine rings is 1. The lowest BCUT2D eigenvalue weighted by Gasteiger charge is -2.10. The molecule has 0 radical (unpaired) electrons. The van der Waals surface area contributed by atoms with Crippen molar-refractivity contribution in [1.29, 1.82) is 0 Å². The molecule has 0 aliphatic carbocycles. The molecule has 1 amide bonds. The molecule has 9 heteroatoms. The molecular weight excluding hydrogens is 361 g/mol. The third-order valence-electron chi connectivity index (χ3n) is 3.78. The highest BCUT2D eigenvalue weighted by molar-refractivity contribution is 5.92. The summed E-state index contributed by atoms with van der Waals surface area (Å²) < 4.78 is 43.4. The number of aromatic nitrogens is 3. The molecule has 1 atom stereocenters. The summed E-state index contributed by atoms with van der Waals surface area (Å²) in [6, 6.07) is 10.7. The molecule has 1 aromatic carbocycles. The Morgan fingerprint density at radius 2 is 1.96 bits per heavy atom. The van der Waals surface area contributed by atoms with E-state index in [4.69, 9.17) is 4.52 Å². The molecule has 0 fully saturated rings. The van der Waals surface area contributed by atoms with E-state index in [-0.39, 0.29) is 18.2 Å². The van der Waals surface area contributed by atoms with E-state index in [2.05, 4.69) is 20.4 Å². The molecule has 1 N–H and O–H groups in total. The van der Waals surface area contributed by atoms with Crippen LogP contribution in [0.25, 0.3) is 11.4 Å². The molecule has 0 saturated heterocycles. The Labute approximate surface area is 152 Å². The summed E-state index contributed by atoms with van der Waals surface area (Å²) >= 11 is 0. The molecule has 27 heavy (non-hydrogen) atoms. The van der Waals surface area contributed by atoms with Crippen molar-refractivity contribution in [2.45, 2.75) is 19.0 Å². The molecule has 0 aliphatic heterocycles. The maximum atomic E-state index is 12.7. The van der Waals surface area contributed by atoms with Crippen LogP contribution in [0.15, 0.2) is 53.2 Å². The lowest BCUT2D eigenvalue weighted by atomic mass is 10.1. The SMILES string of the molecule is CC(CNC(=O)c1cc(C(F)(F)F)ccn1)c1nc(-c2ccccc2)no1. The van der Waals surface area contributed by atoms with E-state index in [1.165, 1.54) is 0 Å². The molecule has 3 aromatic rings. The Hall–Kier alpha value is -3.23. The molecule has 0 bridgehead atoms. The second-order valence-corrected chi connectivity index (χ2v) is 5.86. The molecule has 140 valence electrons. The van der Waals surface area contributed by atoms with Crippen LogP contribution in [0.1, 0.15) is 34.8 Å². The maximum absolute atomic E-state index is 12.7. The van der Waals surface area contributed by atoms with Gasteiger partial charge in [0, 0.05) is 18.3 Å². The first-order valence-electron chi connectivity index (χ1n) is 8.05. The Balaban J connectivity index is 1.63. The molecule has 0 aliphatic rings. The number of carbonyl (C=O) groups excluding carboxylic acids is 1. The average molecular weight is 376 g/mol. The van der Waals surface area contributed by atoms with Crippen LogP contribution in [0.2, 0.25) is 0 Å². The molecular formula is C18H15F3N4O2. The van der Waals surface area contributed by atoms with E-state index < -0.39 is 17.6 Å². The molecule has 2 heterocycles. The van der Waals surface area contributed by atoms with Crippen molar-refractivity contribution >= 4 is 5.91 Å². The van der Waals surface area contributed by atoms with Gasteiger partial charge in [0.05, 0.1) is 11.5 Å². The molecule has 1 unspecified atom stereocenters. The monoisotopic (exact) mass is 376 g/mol. The summed E-state index contributed by atoms with van der Waals surface area (Å²) in [7, 11) is 0. The Morgan fingerprint density at radius 1 is 1.22 bits per heavy atom. The number of hydrogen-bond donors (Lipinski definition) is 1. The number of amides is 1. The van der Waals surface area contributed by atoms with Gasteiger partial charge in [-0.2, -0.15) is 18.2 Å². The molecule has 0 saturated carbocycles. The maximum Gasteiger partial charge on any atom is 0.416 e. The molecule has 2 aromatic heterocycles. The number of halogens is 3. The largest absolute Gasteiger partial charge is 0.416 e. The quantitative estimate of drug-likeness (QED) is 0.735. The topological polar surface area (TPSA) is 80.9 Å². The van der Waals surface area contributed by atoms with Crippen LogP contribution in [0.4, 0.5) is 13.2 Å². The number of benzene rings is 1. The van der Waals surface area contributed by atoms with E-state index in [0.29, 0.717) is 17.8 Å². The first-order valence-corrected chi connectivity index (χ1v) is 8.05. The minimum atomic E-state index is -4.54. The summed E-state index contributed by atoms with van der Waals surface area (Å²) in [6.07, 6.45) is -3.59. The van der Waals surface area contributed by atoms with Gasteiger partial charge in [-0.1, -0.05) is 42.4 Å². The van der Waals surface area contributed by atoms with E-state index in [0.717, 1.165) is 17.8 Å². The third kappa shape index (κ3) is 4.49. The second kappa shape index (κ2) is 7.56. The Morgan fingerprint density at radius 3 is 2.67 bits per heavy atom. The van der Waals surface area contributed by atoms with Gasteiger partial charge in [-0.05, 0) is 12.1 Å². The number of carbonyl (C=O) groups is 1. The Kier molecular flexibility index (Phi) is 5.20. The van der Waals surface area contributed by atoms with Gasteiger partial charge in [0.25, 0.3) is 5.91 Å². The van der Waals surface area contributed by atoms with Gasteiger partial charge in [0.1, 0.15) is 5.69 Å². The second-order valence-electron chi connectivity index (χ2n) is 5.86. The van der Waals surface area contributed by atoms with E-state index in [9.17, 15) is 18.0 Å². The fourth-order valence-corrected chi connectivity index (χ4v) is 2.29. The molecule has 6 nitrogen and oxygen atoms in total. The van der Waals surface area contributed by atoms with Crippen molar-refractivity contribution in [3.8, 4) is 11.4 Å². The van der Waals surface area contributed by atoms with Gasteiger partial charge >= 0.3 is 6.18 Å². The highest BCUT2D eigenvalue weighted by Gasteiger charge is 2.31. The zero-order chi connectivity index (χ0) is 19.4. The highest BCUT2D eigenvalue weighted by Crippen LogP contribution is 2.29. The number of hydrogen-bond acceptors (Lipinski definition) is 5. The van der Waals surface area contributed by atoms with Crippen LogP contribution >= 0.6 is 0 Å². The van der Waals surface area contributed by atoms with Gasteiger partial charge in [0.15, 0.2) is 0 Å². The van der Waals surface area contributed by atoms with Crippen LogP contribution in [0.5, 0.6) is 0 Å². The lowest BCUT2D eigenvalue weighted by molar-refractivity contribution is -0.137. The van der Waals surface area contributed by atoms with Gasteiger partial charge in [0.2, 0.25) is 11.7 Å². The molecule has 0 spiro atoms. The van der Waals surface area contributed by atoms with Gasteiger partial charge in [-0.15, -0.1) is 0 Å². The van der Waals surface area contributed by atoms with Crippen molar-refractivity contribution in [2.24, 2.45) is 0 Å². The first-order chi connectivity index (χ1) is 12.8. The van der Waals surface area contributed by atoms with Gasteiger partial charge in [-0.3, -0.25) is 9.78 Å². The number of rotatable bonds is 5. The van der Waals surface area contributed by atoms with Crippen molar-refractivity contribution in [3.63, 3.8) is 0 Å². The summed E-state index contributed by atoms with van der Waals surface area (Å²) in [5.74, 6) is -0.310. The lowest BCUT2D eigenvalue weighted by Crippen LogP contribution is -2.28. The van der Waals surface area contributed by atoms with Crippen LogP contribution in [0.3, 0.4) is 0 Å². The zero-order valence-corrected chi connectivity index (χ0v) is 14.2. The fraction of sp³-hybridized carbons (Fsp3) is 0.222. The zero-order valence-electron chi connectivity index (χ0n) is 14.2. The van der Waals surface area contributed by atoms with Crippen LogP contribution in [0, 0.1) is 0 Å². The van der Waals surface area contributed by atoms with E-state index in [1.54, 1.807) is 6.92 Å². The highest BCUT2D eigenvalue weighted by atomic mass is 19.4. The van der Waals surface area contributed by atoms with Crippen molar-refractivity contribution in [1.82, 2.24) is 20.4 Å². The van der Waals surface area contributed by atoms with E-state index >= 15 is 0 Å². The minimum Gasteiger partial charge on any atom is -0.350 e. The molecule has 3 rings (SSSR count). The van der Waals surface area contributed by atoms with Crippen molar-refractivity contribution in [2.75, 3.05) is 6.54 Å². The standard InChI is InChI=1S/C18H15F3N4O2/c1-11(17-24-15(25-27-17)12-5-3-2-4-6-12)10-23-16(26)14-9-13(7-8-22-14)18(19,20)21/h2-9,11H,10H2,1H3,(H,23,26). The van der Waals surface area contributed by atoms with Crippen molar-refractivity contribution in [3.05, 3.63) is 65.8 Å². The normalized spacial score (nSPS) is 12.6. The number of alkyl halides is 3. The summed E-state index contributed by atoms with van der Waals surface area (Å²) in [6.45, 7) is 1.86. The predicted octanol–water partition coefficient (Wildman–Crippen LogP) is 3.68. The van der Waals surface area contributed by atoms with Gasteiger partial charge < -0.3 is 9.84 Å². The fourth-order valence-electron chi connectivity index (χ4n) is 2.29. The average Bonchev–Trinajstić information content (AvgIpc) is 3.16. The summed E-state index contributed by atoms with van der Waals surface area (Å²) in [5.41, 5.74) is -0.454. The van der Waals surface area contributed by atoms with Crippen LogP contribution < -0.4 is 5.32 Å². The third-order valence-corrected chi connectivity index (χ3v) is 3.78. The van der Waals surface area contributed by atoms with Crippen LogP contribution in [-0.4, -0.2) is 27.6 Å². The number of nitrogens with one attached hydrogen (secondary N) is 1. The Bertz CT molecular complexity index is 926. The van der Waals surface area contributed by atoms with E-state index in [1.807, 2.05) is 30.3 Å². The minimum absolute atomic E-state index is 0.104.